The van der Waals surface area contributed by atoms with Gasteiger partial charge in [0.05, 0.1) is 5.56 Å². The van der Waals surface area contributed by atoms with Crippen LogP contribution < -0.4 is 0 Å². The Kier molecular flexibility index (Phi) is 5.81. The van der Waals surface area contributed by atoms with Gasteiger partial charge in [0.1, 0.15) is 5.82 Å². The predicted octanol–water partition coefficient (Wildman–Crippen LogP) is 4.32. The van der Waals surface area contributed by atoms with E-state index in [1.807, 2.05) is 30.3 Å². The highest BCUT2D eigenvalue weighted by molar-refractivity contribution is 7.91. The molecule has 0 aliphatic rings. The number of rotatable bonds is 6. The van der Waals surface area contributed by atoms with Gasteiger partial charge >= 0.3 is 11.9 Å². The van der Waals surface area contributed by atoms with Crippen molar-refractivity contribution >= 4 is 23.1 Å². The Labute approximate surface area is 186 Å². The van der Waals surface area contributed by atoms with Crippen LogP contribution >= 0.6 is 0 Å². The molecule has 0 radical (unpaired) electrons. The maximum Gasteiger partial charge on any atom is 0.359 e. The van der Waals surface area contributed by atoms with Gasteiger partial charge in [-0.25, -0.2) is 9.59 Å². The third kappa shape index (κ3) is 3.89. The first-order valence-corrected chi connectivity index (χ1v) is 10.7. The van der Waals surface area contributed by atoms with Crippen molar-refractivity contribution in [1.82, 2.24) is 9.55 Å². The molecule has 4 rings (SSSR count). The molecule has 3 aromatic carbocycles. The highest BCUT2D eigenvalue weighted by Gasteiger charge is 2.31. The summed E-state index contributed by atoms with van der Waals surface area (Å²) in [5.41, 5.74) is 1.52. The third-order valence-electron chi connectivity index (χ3n) is 4.99. The molecule has 2 N–H and O–H groups in total. The summed E-state index contributed by atoms with van der Waals surface area (Å²) in [6.07, 6.45) is 0. The lowest BCUT2D eigenvalue weighted by Crippen LogP contribution is -2.12. The zero-order valence-corrected chi connectivity index (χ0v) is 17.7. The largest absolute Gasteiger partial charge is 0.605 e. The summed E-state index contributed by atoms with van der Waals surface area (Å²) >= 11 is -1.82. The molecule has 8 heteroatoms. The fraction of sp³-hybridized carbons (Fsp3) is 0.0417. The second-order valence-electron chi connectivity index (χ2n) is 6.97. The number of imidazole rings is 1. The van der Waals surface area contributed by atoms with E-state index in [9.17, 15) is 24.4 Å². The molecule has 1 heterocycles. The van der Waals surface area contributed by atoms with Gasteiger partial charge in [0.2, 0.25) is 5.69 Å². The lowest BCUT2D eigenvalue weighted by molar-refractivity contribution is 0.0676. The highest BCUT2D eigenvalue weighted by atomic mass is 32.2. The number of nitrogens with zero attached hydrogens (tertiary/aromatic N) is 2. The van der Waals surface area contributed by atoms with Crippen LogP contribution in [0.3, 0.4) is 0 Å². The zero-order chi connectivity index (χ0) is 22.8. The van der Waals surface area contributed by atoms with Crippen molar-refractivity contribution in [2.45, 2.75) is 9.92 Å². The second-order valence-corrected chi connectivity index (χ2v) is 8.36. The summed E-state index contributed by atoms with van der Waals surface area (Å²) in [4.78, 5) is 28.7. The molecule has 0 saturated heterocycles. The molecular formula is C24H18N2O5S. The van der Waals surface area contributed by atoms with Gasteiger partial charge in [-0.1, -0.05) is 60.7 Å². The average Bonchev–Trinajstić information content (AvgIpc) is 3.16. The van der Waals surface area contributed by atoms with Crippen LogP contribution in [0.15, 0.2) is 88.8 Å². The summed E-state index contributed by atoms with van der Waals surface area (Å²) in [6.45, 7) is 0. The first kappa shape index (κ1) is 21.4. The lowest BCUT2D eigenvalue weighted by atomic mass is 9.97. The van der Waals surface area contributed by atoms with Gasteiger partial charge in [-0.3, -0.25) is 0 Å². The van der Waals surface area contributed by atoms with Crippen molar-refractivity contribution in [2.75, 3.05) is 0 Å². The van der Waals surface area contributed by atoms with Crippen molar-refractivity contribution in [3.05, 3.63) is 90.1 Å². The lowest BCUT2D eigenvalue weighted by Gasteiger charge is -2.09. The summed E-state index contributed by atoms with van der Waals surface area (Å²) in [7, 11) is 1.50. The fourth-order valence-corrected chi connectivity index (χ4v) is 4.68. The van der Waals surface area contributed by atoms with Crippen LogP contribution in [0.25, 0.3) is 22.5 Å². The number of carbonyl (C=O) groups is 2. The van der Waals surface area contributed by atoms with E-state index in [0.29, 0.717) is 16.0 Å². The summed E-state index contributed by atoms with van der Waals surface area (Å²) in [6, 6.07) is 22.3. The molecular weight excluding hydrogens is 428 g/mol. The maximum atomic E-state index is 13.1. The summed E-state index contributed by atoms with van der Waals surface area (Å²) in [5, 5.41) is 19.4. The number of carboxylic acid groups (broad SMARTS) is 2. The molecule has 0 bridgehead atoms. The van der Waals surface area contributed by atoms with Crippen molar-refractivity contribution in [2.24, 2.45) is 7.05 Å². The van der Waals surface area contributed by atoms with Gasteiger partial charge in [0.25, 0.3) is 5.03 Å². The minimum Gasteiger partial charge on any atom is -0.605 e. The molecule has 4 aromatic rings. The monoisotopic (exact) mass is 446 g/mol. The van der Waals surface area contributed by atoms with Crippen LogP contribution in [0.5, 0.6) is 0 Å². The van der Waals surface area contributed by atoms with E-state index in [1.165, 1.54) is 17.7 Å². The van der Waals surface area contributed by atoms with Crippen LogP contribution in [0.1, 0.15) is 20.8 Å². The molecule has 0 amide bonds. The van der Waals surface area contributed by atoms with E-state index in [-0.39, 0.29) is 22.1 Å². The number of hydrogen-bond acceptors (Lipinski definition) is 4. The van der Waals surface area contributed by atoms with Gasteiger partial charge in [0, 0.05) is 23.8 Å². The first-order chi connectivity index (χ1) is 15.4. The number of aromatic nitrogens is 2. The SMILES string of the molecule is Cn1c(-c2ccc(-c3ccccc3)c(C(=O)O)c2)nc([S+]([O-])c2ccccc2)c1C(=O)O. The van der Waals surface area contributed by atoms with E-state index >= 15 is 0 Å². The average molecular weight is 446 g/mol. The van der Waals surface area contributed by atoms with Crippen LogP contribution in [-0.2, 0) is 18.2 Å². The molecule has 32 heavy (non-hydrogen) atoms. The Balaban J connectivity index is 1.86. The minimum atomic E-state index is -1.82. The Morgan fingerprint density at radius 2 is 1.50 bits per heavy atom. The quantitative estimate of drug-likeness (QED) is 0.426. The summed E-state index contributed by atoms with van der Waals surface area (Å²) in [5.74, 6) is -2.18. The highest BCUT2D eigenvalue weighted by Crippen LogP contribution is 2.32. The van der Waals surface area contributed by atoms with Crippen LogP contribution in [0, 0.1) is 0 Å². The van der Waals surface area contributed by atoms with E-state index in [0.717, 1.165) is 5.56 Å². The van der Waals surface area contributed by atoms with Gasteiger partial charge in [-0.2, -0.15) is 4.98 Å². The standard InChI is InChI=1S/C24H18N2O5S/c1-26-20(24(29)30)22(32(31)17-10-6-3-7-11-17)25-21(26)16-12-13-18(19(14-16)23(27)28)15-8-4-2-5-9-15/h2-14H,1H3,(H,27,28)(H,29,30). The topological polar surface area (TPSA) is 115 Å². The zero-order valence-electron chi connectivity index (χ0n) is 16.9. The van der Waals surface area contributed by atoms with Crippen molar-refractivity contribution in [3.8, 4) is 22.5 Å². The fourth-order valence-electron chi connectivity index (χ4n) is 3.48. The Bertz CT molecular complexity index is 1300. The third-order valence-corrected chi connectivity index (χ3v) is 6.33. The number of aromatic carboxylic acids is 2. The van der Waals surface area contributed by atoms with Crippen molar-refractivity contribution in [1.29, 1.82) is 0 Å². The normalized spacial score (nSPS) is 11.8. The van der Waals surface area contributed by atoms with Crippen molar-refractivity contribution in [3.63, 3.8) is 0 Å². The minimum absolute atomic E-state index is 0.0549. The van der Waals surface area contributed by atoms with E-state index in [1.54, 1.807) is 42.5 Å². The molecule has 0 fully saturated rings. The van der Waals surface area contributed by atoms with Crippen LogP contribution in [0.4, 0.5) is 0 Å². The maximum absolute atomic E-state index is 13.1. The number of hydrogen-bond donors (Lipinski definition) is 2. The Morgan fingerprint density at radius 3 is 2.09 bits per heavy atom. The smallest absolute Gasteiger partial charge is 0.359 e. The molecule has 1 atom stereocenters. The van der Waals surface area contributed by atoms with Crippen LogP contribution in [-0.4, -0.2) is 36.3 Å². The molecule has 1 unspecified atom stereocenters. The van der Waals surface area contributed by atoms with Gasteiger partial charge in [0.15, 0.2) is 4.90 Å². The molecule has 0 saturated carbocycles. The summed E-state index contributed by atoms with van der Waals surface area (Å²) < 4.78 is 14.4. The van der Waals surface area contributed by atoms with Gasteiger partial charge in [-0.15, -0.1) is 0 Å². The van der Waals surface area contributed by atoms with E-state index in [2.05, 4.69) is 4.98 Å². The van der Waals surface area contributed by atoms with Gasteiger partial charge in [-0.05, 0) is 29.3 Å². The van der Waals surface area contributed by atoms with E-state index < -0.39 is 23.1 Å². The Hall–Kier alpha value is -3.88. The molecule has 160 valence electrons. The number of benzene rings is 3. The predicted molar refractivity (Wildman–Crippen MR) is 119 cm³/mol. The molecule has 0 spiro atoms. The van der Waals surface area contributed by atoms with E-state index in [4.69, 9.17) is 0 Å². The van der Waals surface area contributed by atoms with Gasteiger partial charge < -0.3 is 19.3 Å². The molecule has 0 aliphatic carbocycles. The second kappa shape index (κ2) is 8.70. The molecule has 7 nitrogen and oxygen atoms in total. The number of carboxylic acids is 2. The first-order valence-electron chi connectivity index (χ1n) is 9.58. The molecule has 1 aromatic heterocycles. The van der Waals surface area contributed by atoms with Crippen LogP contribution in [0.2, 0.25) is 0 Å². The Morgan fingerprint density at radius 1 is 0.875 bits per heavy atom. The van der Waals surface area contributed by atoms with Crippen molar-refractivity contribution < 1.29 is 24.4 Å². The molecule has 0 aliphatic heterocycles.